The summed E-state index contributed by atoms with van der Waals surface area (Å²) in [5.41, 5.74) is -0.650. The molecule has 1 amide bonds. The Balaban J connectivity index is 2.91. The van der Waals surface area contributed by atoms with Crippen LogP contribution in [0.1, 0.15) is 60.8 Å². The first-order valence-corrected chi connectivity index (χ1v) is 7.64. The van der Waals surface area contributed by atoms with Crippen molar-refractivity contribution in [2.24, 2.45) is 17.3 Å². The van der Waals surface area contributed by atoms with Gasteiger partial charge >= 0.3 is 12.1 Å². The molecule has 1 fully saturated rings. The summed E-state index contributed by atoms with van der Waals surface area (Å²) in [6.45, 7) is 11.7. The second-order valence-corrected chi connectivity index (χ2v) is 8.02. The smallest absolute Gasteiger partial charge is 0.407 e. The number of carboxylic acids is 1. The van der Waals surface area contributed by atoms with Crippen LogP contribution in [0.15, 0.2) is 0 Å². The number of carboxylic acid groups (broad SMARTS) is 1. The highest BCUT2D eigenvalue weighted by molar-refractivity contribution is 5.74. The molecule has 1 aliphatic rings. The van der Waals surface area contributed by atoms with Crippen molar-refractivity contribution >= 4 is 12.1 Å². The Labute approximate surface area is 127 Å². The van der Waals surface area contributed by atoms with E-state index in [4.69, 9.17) is 4.74 Å². The van der Waals surface area contributed by atoms with E-state index in [0.717, 1.165) is 12.8 Å². The molecule has 0 spiro atoms. The molecule has 0 aromatic carbocycles. The molecule has 2 N–H and O–H groups in total. The fourth-order valence-corrected chi connectivity index (χ4v) is 3.09. The summed E-state index contributed by atoms with van der Waals surface area (Å²) < 4.78 is 5.29. The number of carbonyl (C=O) groups excluding carboxylic acids is 1. The molecule has 0 bridgehead atoms. The quantitative estimate of drug-likeness (QED) is 0.819. The number of rotatable bonds is 2. The van der Waals surface area contributed by atoms with Crippen molar-refractivity contribution in [1.29, 1.82) is 0 Å². The molecule has 1 saturated carbocycles. The van der Waals surface area contributed by atoms with Gasteiger partial charge in [0.25, 0.3) is 0 Å². The van der Waals surface area contributed by atoms with Crippen LogP contribution < -0.4 is 5.32 Å². The summed E-state index contributed by atoms with van der Waals surface area (Å²) in [6.07, 6.45) is 1.87. The molecule has 5 nitrogen and oxygen atoms in total. The van der Waals surface area contributed by atoms with Crippen molar-refractivity contribution in [3.05, 3.63) is 0 Å². The van der Waals surface area contributed by atoms with Gasteiger partial charge in [-0.05, 0) is 44.9 Å². The van der Waals surface area contributed by atoms with Crippen LogP contribution in [0.2, 0.25) is 0 Å². The normalized spacial score (nSPS) is 27.0. The molecular weight excluding hydrogens is 270 g/mol. The van der Waals surface area contributed by atoms with Gasteiger partial charge in [0.2, 0.25) is 0 Å². The topological polar surface area (TPSA) is 75.6 Å². The summed E-state index contributed by atoms with van der Waals surface area (Å²) in [4.78, 5) is 23.6. The second-order valence-electron chi connectivity index (χ2n) is 8.02. The predicted molar refractivity (Wildman–Crippen MR) is 81.1 cm³/mol. The third-order valence-electron chi connectivity index (χ3n) is 4.01. The van der Waals surface area contributed by atoms with Gasteiger partial charge in [0.05, 0.1) is 5.92 Å². The molecule has 5 heteroatoms. The lowest BCUT2D eigenvalue weighted by molar-refractivity contribution is -0.145. The lowest BCUT2D eigenvalue weighted by Crippen LogP contribution is -2.54. The molecule has 0 heterocycles. The average Bonchev–Trinajstić information content (AvgIpc) is 2.24. The Kier molecular flexibility index (Phi) is 5.29. The van der Waals surface area contributed by atoms with Gasteiger partial charge in [0.1, 0.15) is 5.60 Å². The fourth-order valence-electron chi connectivity index (χ4n) is 3.09. The Morgan fingerprint density at radius 2 is 1.67 bits per heavy atom. The van der Waals surface area contributed by atoms with Crippen molar-refractivity contribution in [2.75, 3.05) is 0 Å². The van der Waals surface area contributed by atoms with Gasteiger partial charge in [-0.15, -0.1) is 0 Å². The minimum Gasteiger partial charge on any atom is -0.481 e. The number of ether oxygens (including phenoxy) is 1. The van der Waals surface area contributed by atoms with Crippen LogP contribution >= 0.6 is 0 Å². The highest BCUT2D eigenvalue weighted by Crippen LogP contribution is 2.40. The van der Waals surface area contributed by atoms with Gasteiger partial charge in [0.15, 0.2) is 0 Å². The summed E-state index contributed by atoms with van der Waals surface area (Å²) in [5.74, 6) is -1.26. The van der Waals surface area contributed by atoms with E-state index in [1.165, 1.54) is 0 Å². The van der Waals surface area contributed by atoms with Crippen LogP contribution in [0.5, 0.6) is 0 Å². The van der Waals surface area contributed by atoms with Gasteiger partial charge < -0.3 is 15.2 Å². The lowest BCUT2D eigenvalue weighted by Gasteiger charge is -2.43. The number of hydrogen-bond donors (Lipinski definition) is 2. The zero-order valence-corrected chi connectivity index (χ0v) is 14.0. The molecule has 1 rings (SSSR count). The van der Waals surface area contributed by atoms with Crippen molar-refractivity contribution in [3.63, 3.8) is 0 Å². The number of aliphatic carboxylic acids is 1. The number of nitrogens with one attached hydrogen (secondary N) is 1. The first-order valence-electron chi connectivity index (χ1n) is 7.64. The maximum Gasteiger partial charge on any atom is 0.407 e. The third kappa shape index (κ3) is 5.21. The highest BCUT2D eigenvalue weighted by atomic mass is 16.6. The Hall–Kier alpha value is -1.26. The van der Waals surface area contributed by atoms with Crippen LogP contribution in [0, 0.1) is 17.3 Å². The van der Waals surface area contributed by atoms with Gasteiger partial charge in [-0.25, -0.2) is 4.79 Å². The Morgan fingerprint density at radius 1 is 1.10 bits per heavy atom. The van der Waals surface area contributed by atoms with Crippen LogP contribution in [0.25, 0.3) is 0 Å². The highest BCUT2D eigenvalue weighted by Gasteiger charge is 2.43. The number of amides is 1. The van der Waals surface area contributed by atoms with Crippen molar-refractivity contribution in [3.8, 4) is 0 Å². The van der Waals surface area contributed by atoms with Gasteiger partial charge in [-0.1, -0.05) is 27.2 Å². The SMILES string of the molecule is CC(C)(C)OC(=O)N[C@H]1[C@@H](C(=O)O)CCC[C@@H]1C(C)(C)C. The van der Waals surface area contributed by atoms with E-state index in [-0.39, 0.29) is 17.4 Å². The summed E-state index contributed by atoms with van der Waals surface area (Å²) in [7, 11) is 0. The lowest BCUT2D eigenvalue weighted by atomic mass is 9.66. The zero-order chi connectivity index (χ0) is 16.4. The van der Waals surface area contributed by atoms with E-state index >= 15 is 0 Å². The number of carbonyl (C=O) groups is 2. The molecule has 0 aliphatic heterocycles. The minimum absolute atomic E-state index is 0.0617. The molecule has 0 aromatic rings. The largest absolute Gasteiger partial charge is 0.481 e. The summed E-state index contributed by atoms with van der Waals surface area (Å²) in [6, 6.07) is -0.383. The fraction of sp³-hybridized carbons (Fsp3) is 0.875. The molecule has 0 radical (unpaired) electrons. The zero-order valence-electron chi connectivity index (χ0n) is 14.0. The van der Waals surface area contributed by atoms with Crippen molar-refractivity contribution in [2.45, 2.75) is 72.4 Å². The molecule has 21 heavy (non-hydrogen) atoms. The van der Waals surface area contributed by atoms with E-state index < -0.39 is 23.6 Å². The average molecular weight is 299 g/mol. The van der Waals surface area contributed by atoms with Gasteiger partial charge in [0, 0.05) is 6.04 Å². The molecule has 1 aliphatic carbocycles. The summed E-state index contributed by atoms with van der Waals surface area (Å²) >= 11 is 0. The molecular formula is C16H29NO4. The Bertz CT molecular complexity index is 392. The number of hydrogen-bond acceptors (Lipinski definition) is 3. The second kappa shape index (κ2) is 6.24. The van der Waals surface area contributed by atoms with Crippen LogP contribution in [-0.2, 0) is 9.53 Å². The van der Waals surface area contributed by atoms with Crippen LogP contribution in [0.3, 0.4) is 0 Å². The minimum atomic E-state index is -0.843. The summed E-state index contributed by atoms with van der Waals surface area (Å²) in [5, 5.41) is 12.3. The standard InChI is InChI=1S/C16H29NO4/c1-15(2,3)11-9-7-8-10(13(18)19)12(11)17-14(20)21-16(4,5)6/h10-12H,7-9H2,1-6H3,(H,17,20)(H,18,19)/t10-,11-,12-/m0/s1. The maximum atomic E-state index is 12.0. The first-order chi connectivity index (χ1) is 9.42. The van der Waals surface area contributed by atoms with Crippen molar-refractivity contribution in [1.82, 2.24) is 5.32 Å². The van der Waals surface area contributed by atoms with E-state index in [0.29, 0.717) is 6.42 Å². The Morgan fingerprint density at radius 3 is 2.10 bits per heavy atom. The predicted octanol–water partition coefficient (Wildman–Crippen LogP) is 3.43. The van der Waals surface area contributed by atoms with E-state index in [1.807, 2.05) is 0 Å². The van der Waals surface area contributed by atoms with Crippen LogP contribution in [-0.4, -0.2) is 28.8 Å². The van der Waals surface area contributed by atoms with Gasteiger partial charge in [-0.2, -0.15) is 0 Å². The third-order valence-corrected chi connectivity index (χ3v) is 4.01. The molecule has 0 unspecified atom stereocenters. The molecule has 122 valence electrons. The van der Waals surface area contributed by atoms with E-state index in [9.17, 15) is 14.7 Å². The molecule has 0 saturated heterocycles. The molecule has 0 aromatic heterocycles. The monoisotopic (exact) mass is 299 g/mol. The van der Waals surface area contributed by atoms with E-state index in [1.54, 1.807) is 20.8 Å². The van der Waals surface area contributed by atoms with Crippen molar-refractivity contribution < 1.29 is 19.4 Å². The number of alkyl carbamates (subject to hydrolysis) is 1. The van der Waals surface area contributed by atoms with E-state index in [2.05, 4.69) is 26.1 Å². The van der Waals surface area contributed by atoms with Gasteiger partial charge in [-0.3, -0.25) is 4.79 Å². The first kappa shape index (κ1) is 17.8. The maximum absolute atomic E-state index is 12.0. The van der Waals surface area contributed by atoms with Crippen LogP contribution in [0.4, 0.5) is 4.79 Å². The molecule has 3 atom stereocenters.